The van der Waals surface area contributed by atoms with Crippen molar-refractivity contribution in [2.45, 2.75) is 26.3 Å². The van der Waals surface area contributed by atoms with Crippen molar-refractivity contribution < 1.29 is 18.8 Å². The van der Waals surface area contributed by atoms with Crippen molar-refractivity contribution in [1.29, 1.82) is 0 Å². The lowest BCUT2D eigenvalue weighted by molar-refractivity contribution is -0.118. The van der Waals surface area contributed by atoms with Gasteiger partial charge in [-0.15, -0.1) is 0 Å². The Balaban J connectivity index is 1.44. The Morgan fingerprint density at radius 2 is 2.03 bits per heavy atom. The number of rotatable bonds is 5. The van der Waals surface area contributed by atoms with E-state index in [-0.39, 0.29) is 17.4 Å². The number of hydrogen-bond donors (Lipinski definition) is 2. The van der Waals surface area contributed by atoms with Gasteiger partial charge in [-0.25, -0.2) is 4.98 Å². The number of halogens is 1. The van der Waals surface area contributed by atoms with Gasteiger partial charge in [0, 0.05) is 37.8 Å². The number of hydrogen-bond acceptors (Lipinski definition) is 5. The van der Waals surface area contributed by atoms with Crippen molar-refractivity contribution in [3.63, 3.8) is 0 Å². The highest BCUT2D eigenvalue weighted by atomic mass is 19.1. The van der Waals surface area contributed by atoms with Gasteiger partial charge in [-0.05, 0) is 48.2 Å². The van der Waals surface area contributed by atoms with E-state index in [4.69, 9.17) is 0 Å². The van der Waals surface area contributed by atoms with Crippen LogP contribution >= 0.6 is 0 Å². The Kier molecular flexibility index (Phi) is 6.14. The van der Waals surface area contributed by atoms with Gasteiger partial charge in [0.2, 0.25) is 11.9 Å². The lowest BCUT2D eigenvalue weighted by Crippen LogP contribution is -2.35. The summed E-state index contributed by atoms with van der Waals surface area (Å²) in [6.07, 6.45) is 3.11. The maximum absolute atomic E-state index is 14.4. The molecule has 0 radical (unpaired) electrons. The van der Waals surface area contributed by atoms with E-state index in [0.717, 1.165) is 17.7 Å². The normalized spacial score (nSPS) is 18.6. The second-order valence-electron chi connectivity index (χ2n) is 8.02. The second kappa shape index (κ2) is 9.00. The minimum Gasteiger partial charge on any atom is -0.354 e. The Hall–Kier alpha value is -3.39. The molecule has 2 aromatic rings. The molecule has 1 unspecified atom stereocenters. The summed E-state index contributed by atoms with van der Waals surface area (Å²) in [7, 11) is 1.48. The highest BCUT2D eigenvalue weighted by Crippen LogP contribution is 2.29. The van der Waals surface area contributed by atoms with Gasteiger partial charge in [-0.3, -0.25) is 19.3 Å². The molecule has 7 nitrogen and oxygen atoms in total. The summed E-state index contributed by atoms with van der Waals surface area (Å²) in [6, 6.07) is 8.69. The van der Waals surface area contributed by atoms with Gasteiger partial charge in [0.15, 0.2) is 5.78 Å². The third kappa shape index (κ3) is 4.18. The van der Waals surface area contributed by atoms with Gasteiger partial charge in [0.25, 0.3) is 5.91 Å². The van der Waals surface area contributed by atoms with Crippen LogP contribution in [-0.4, -0.2) is 47.6 Å². The molecule has 0 spiro atoms. The fourth-order valence-corrected chi connectivity index (χ4v) is 4.19. The Bertz CT molecular complexity index is 1130. The predicted molar refractivity (Wildman–Crippen MR) is 119 cm³/mol. The van der Waals surface area contributed by atoms with E-state index in [1.165, 1.54) is 13.1 Å². The van der Waals surface area contributed by atoms with Crippen LogP contribution < -0.4 is 10.6 Å². The first kappa shape index (κ1) is 21.8. The lowest BCUT2D eigenvalue weighted by Gasteiger charge is -2.28. The van der Waals surface area contributed by atoms with E-state index in [0.29, 0.717) is 42.7 Å². The number of nitrogens with one attached hydrogen (secondary N) is 2. The number of carbonyl (C=O) groups excluding carboxylic acids is 3. The molecule has 0 saturated heterocycles. The van der Waals surface area contributed by atoms with Crippen molar-refractivity contribution in [3.05, 3.63) is 64.7 Å². The molecule has 4 rings (SSSR count). The number of ketones is 1. The molecule has 2 aliphatic heterocycles. The first-order valence-electron chi connectivity index (χ1n) is 10.7. The van der Waals surface area contributed by atoms with Crippen LogP contribution in [0.3, 0.4) is 0 Å². The molecule has 32 heavy (non-hydrogen) atoms. The number of aromatic nitrogens is 1. The van der Waals surface area contributed by atoms with E-state index in [1.807, 2.05) is 25.1 Å². The monoisotopic (exact) mass is 436 g/mol. The van der Waals surface area contributed by atoms with E-state index in [1.54, 1.807) is 12.1 Å². The lowest BCUT2D eigenvalue weighted by atomic mass is 9.89. The van der Waals surface area contributed by atoms with Crippen LogP contribution in [0.5, 0.6) is 0 Å². The molecule has 2 amide bonds. The Morgan fingerprint density at radius 1 is 1.25 bits per heavy atom. The highest BCUT2D eigenvalue weighted by Gasteiger charge is 2.32. The molecular weight excluding hydrogens is 411 g/mol. The van der Waals surface area contributed by atoms with Crippen molar-refractivity contribution in [2.75, 3.05) is 25.5 Å². The molecule has 2 N–H and O–H groups in total. The smallest absolute Gasteiger partial charge is 0.269 e. The molecule has 0 saturated carbocycles. The van der Waals surface area contributed by atoms with Gasteiger partial charge in [0.1, 0.15) is 11.6 Å². The third-order valence-electron chi connectivity index (χ3n) is 6.00. The fraction of sp³-hybridized carbons (Fsp3) is 0.333. The van der Waals surface area contributed by atoms with Crippen molar-refractivity contribution in [3.8, 4) is 0 Å². The Labute approximate surface area is 185 Å². The first-order valence-corrected chi connectivity index (χ1v) is 10.7. The fourth-order valence-electron chi connectivity index (χ4n) is 4.19. The molecule has 0 aliphatic carbocycles. The van der Waals surface area contributed by atoms with Crippen LogP contribution in [0.25, 0.3) is 5.57 Å². The predicted octanol–water partition coefficient (Wildman–Crippen LogP) is 3.03. The summed E-state index contributed by atoms with van der Waals surface area (Å²) in [4.78, 5) is 42.3. The van der Waals surface area contributed by atoms with E-state index in [9.17, 15) is 18.8 Å². The van der Waals surface area contributed by atoms with Crippen LogP contribution in [0.15, 0.2) is 36.4 Å². The van der Waals surface area contributed by atoms with Crippen LogP contribution in [0.1, 0.15) is 51.7 Å². The summed E-state index contributed by atoms with van der Waals surface area (Å²) in [6.45, 7) is 3.83. The number of nitrogens with zero attached hydrogens (tertiary/aromatic N) is 2. The molecule has 1 aromatic carbocycles. The zero-order valence-electron chi connectivity index (χ0n) is 18.1. The van der Waals surface area contributed by atoms with Crippen LogP contribution in [-0.2, 0) is 11.3 Å². The third-order valence-corrected chi connectivity index (χ3v) is 6.00. The zero-order chi connectivity index (χ0) is 22.8. The number of amides is 2. The number of carbonyl (C=O) groups is 3. The van der Waals surface area contributed by atoms with Crippen molar-refractivity contribution >= 4 is 28.9 Å². The van der Waals surface area contributed by atoms with E-state index < -0.39 is 17.8 Å². The maximum Gasteiger partial charge on any atom is 0.269 e. The maximum atomic E-state index is 14.4. The average molecular weight is 436 g/mol. The largest absolute Gasteiger partial charge is 0.354 e. The minimum absolute atomic E-state index is 0.0509. The summed E-state index contributed by atoms with van der Waals surface area (Å²) >= 11 is 0. The quantitative estimate of drug-likeness (QED) is 0.555. The molecule has 1 aromatic heterocycles. The van der Waals surface area contributed by atoms with Gasteiger partial charge in [-0.1, -0.05) is 19.1 Å². The second-order valence-corrected chi connectivity index (χ2v) is 8.02. The highest BCUT2D eigenvalue weighted by molar-refractivity contribution is 6.20. The summed E-state index contributed by atoms with van der Waals surface area (Å²) in [5.41, 5.74) is 3.45. The minimum atomic E-state index is -0.647. The number of pyridine rings is 1. The molecular formula is C24H25FN4O3. The molecule has 3 heterocycles. The SMILES string of the molecule is CCC1C(=O)Nc2cc(CN3CC=C(c4ccc(C(=O)NC)nc4F)CC3)ccc2C1=O. The number of benzene rings is 1. The standard InChI is InChI=1S/C24H25FN4O3/c1-3-16-21(30)18-5-4-14(12-20(18)28-23(16)31)13-29-10-8-15(9-11-29)17-6-7-19(24(32)26-2)27-22(17)25/h4-8,12,16H,3,9-11,13H2,1-2H3,(H,26,32)(H,28,31). The molecule has 0 bridgehead atoms. The Morgan fingerprint density at radius 3 is 2.69 bits per heavy atom. The first-order chi connectivity index (χ1) is 15.4. The van der Waals surface area contributed by atoms with Gasteiger partial charge >= 0.3 is 0 Å². The van der Waals surface area contributed by atoms with E-state index in [2.05, 4.69) is 20.5 Å². The average Bonchev–Trinajstić information content (AvgIpc) is 2.79. The van der Waals surface area contributed by atoms with Crippen LogP contribution in [0, 0.1) is 11.9 Å². The zero-order valence-corrected chi connectivity index (χ0v) is 18.1. The van der Waals surface area contributed by atoms with Crippen molar-refractivity contribution in [2.24, 2.45) is 5.92 Å². The molecule has 1 atom stereocenters. The van der Waals surface area contributed by atoms with E-state index >= 15 is 0 Å². The van der Waals surface area contributed by atoms with Gasteiger partial charge in [0.05, 0.1) is 5.69 Å². The van der Waals surface area contributed by atoms with Gasteiger partial charge in [-0.2, -0.15) is 4.39 Å². The number of fused-ring (bicyclic) bond motifs is 1. The van der Waals surface area contributed by atoms with Crippen LogP contribution in [0.2, 0.25) is 0 Å². The molecule has 2 aliphatic rings. The summed E-state index contributed by atoms with van der Waals surface area (Å²) < 4.78 is 14.4. The van der Waals surface area contributed by atoms with Crippen molar-refractivity contribution in [1.82, 2.24) is 15.2 Å². The summed E-state index contributed by atoms with van der Waals surface area (Å²) in [5.74, 6) is -2.05. The van der Waals surface area contributed by atoms with Crippen LogP contribution in [0.4, 0.5) is 10.1 Å². The summed E-state index contributed by atoms with van der Waals surface area (Å²) in [5, 5.41) is 5.29. The number of anilines is 1. The number of Topliss-reactive ketones (excluding diaryl/α,β-unsaturated/α-hetero) is 1. The topological polar surface area (TPSA) is 91.4 Å². The molecule has 166 valence electrons. The molecule has 0 fully saturated rings. The molecule has 8 heteroatoms. The van der Waals surface area contributed by atoms with Gasteiger partial charge < -0.3 is 10.6 Å².